The summed E-state index contributed by atoms with van der Waals surface area (Å²) in [5, 5.41) is 10.8. The van der Waals surface area contributed by atoms with Gasteiger partial charge in [-0.1, -0.05) is 11.6 Å². The second kappa shape index (κ2) is 5.36. The zero-order valence-electron chi connectivity index (χ0n) is 11.5. The number of aromatic nitrogens is 5. The fourth-order valence-corrected chi connectivity index (χ4v) is 2.68. The lowest BCUT2D eigenvalue weighted by atomic mass is 9.96. The first-order valence-corrected chi connectivity index (χ1v) is 7.06. The molecule has 0 bridgehead atoms. The molecule has 9 heteroatoms. The highest BCUT2D eigenvalue weighted by Gasteiger charge is 2.27. The normalized spacial score (nSPS) is 16.4. The molecule has 0 unspecified atom stereocenters. The lowest BCUT2D eigenvalue weighted by Crippen LogP contribution is -2.38. The Morgan fingerprint density at radius 2 is 2.14 bits per heavy atom. The van der Waals surface area contributed by atoms with Crippen LogP contribution in [-0.4, -0.2) is 48.9 Å². The maximum absolute atomic E-state index is 12.3. The Hall–Kier alpha value is -2.09. The molecule has 0 aliphatic carbocycles. The van der Waals surface area contributed by atoms with Gasteiger partial charge >= 0.3 is 5.69 Å². The number of nitrogens with one attached hydrogen (secondary N) is 2. The summed E-state index contributed by atoms with van der Waals surface area (Å²) in [4.78, 5) is 27.8. The average Bonchev–Trinajstić information content (AvgIpc) is 3.05. The monoisotopic (exact) mass is 310 g/mol. The van der Waals surface area contributed by atoms with Crippen LogP contribution >= 0.6 is 11.6 Å². The molecule has 0 spiro atoms. The molecule has 2 aromatic heterocycles. The number of nitrogens with zero attached hydrogens (tertiary/aromatic N) is 4. The van der Waals surface area contributed by atoms with Gasteiger partial charge in [-0.25, -0.2) is 9.89 Å². The van der Waals surface area contributed by atoms with Crippen molar-refractivity contribution >= 4 is 17.5 Å². The Morgan fingerprint density at radius 1 is 1.43 bits per heavy atom. The largest absolute Gasteiger partial charge is 0.340 e. The summed E-state index contributed by atoms with van der Waals surface area (Å²) in [5.74, 6) is 0.708. The number of likely N-dealkylation sites (tertiary alicyclic amines) is 1. The summed E-state index contributed by atoms with van der Waals surface area (Å²) in [5.41, 5.74) is 0.0563. The van der Waals surface area contributed by atoms with Crippen molar-refractivity contribution in [2.45, 2.75) is 18.8 Å². The Labute approximate surface area is 125 Å². The zero-order valence-corrected chi connectivity index (χ0v) is 12.2. The molecular formula is C12H15ClN6O2. The van der Waals surface area contributed by atoms with Gasteiger partial charge in [0.15, 0.2) is 5.69 Å². The minimum atomic E-state index is -0.299. The SMILES string of the molecule is Cn1nc(C(=O)N2CCC(c3n[nH]c(=O)[nH]3)CC2)cc1Cl. The Bertz CT molecular complexity index is 690. The van der Waals surface area contributed by atoms with E-state index in [-0.39, 0.29) is 17.5 Å². The lowest BCUT2D eigenvalue weighted by molar-refractivity contribution is 0.0704. The van der Waals surface area contributed by atoms with E-state index in [1.807, 2.05) is 0 Å². The van der Waals surface area contributed by atoms with Crippen LogP contribution in [0.5, 0.6) is 0 Å². The standard InChI is InChI=1S/C12H15ClN6O2/c1-18-9(13)6-8(17-18)11(20)19-4-2-7(3-5-19)10-14-12(21)16-15-10/h6-7H,2-5H2,1H3,(H2,14,15,16,21). The van der Waals surface area contributed by atoms with E-state index in [0.717, 1.165) is 12.8 Å². The van der Waals surface area contributed by atoms with Crippen molar-refractivity contribution in [1.82, 2.24) is 29.9 Å². The third kappa shape index (κ3) is 2.71. The van der Waals surface area contributed by atoms with E-state index in [2.05, 4.69) is 20.3 Å². The van der Waals surface area contributed by atoms with Gasteiger partial charge in [0.2, 0.25) is 0 Å². The molecular weight excluding hydrogens is 296 g/mol. The Morgan fingerprint density at radius 3 is 2.67 bits per heavy atom. The van der Waals surface area contributed by atoms with Gasteiger partial charge in [-0.3, -0.25) is 14.5 Å². The van der Waals surface area contributed by atoms with Crippen LogP contribution < -0.4 is 5.69 Å². The number of aryl methyl sites for hydroxylation is 1. The van der Waals surface area contributed by atoms with Crippen LogP contribution in [0.1, 0.15) is 35.1 Å². The quantitative estimate of drug-likeness (QED) is 0.844. The predicted molar refractivity (Wildman–Crippen MR) is 75.3 cm³/mol. The maximum Gasteiger partial charge on any atom is 0.340 e. The average molecular weight is 311 g/mol. The number of amides is 1. The molecule has 3 rings (SSSR count). The number of halogens is 1. The van der Waals surface area contributed by atoms with E-state index in [1.54, 1.807) is 18.0 Å². The zero-order chi connectivity index (χ0) is 15.0. The van der Waals surface area contributed by atoms with E-state index < -0.39 is 0 Å². The fourth-order valence-electron chi connectivity index (χ4n) is 2.54. The first kappa shape index (κ1) is 13.9. The molecule has 0 saturated carbocycles. The molecule has 0 radical (unpaired) electrons. The first-order valence-electron chi connectivity index (χ1n) is 6.68. The molecule has 0 aromatic carbocycles. The summed E-state index contributed by atoms with van der Waals surface area (Å²) in [7, 11) is 1.69. The van der Waals surface area contributed by atoms with Crippen LogP contribution in [0.25, 0.3) is 0 Å². The number of H-pyrrole nitrogens is 2. The molecule has 8 nitrogen and oxygen atoms in total. The third-order valence-corrected chi connectivity index (χ3v) is 4.08. The molecule has 0 atom stereocenters. The number of hydrogen-bond acceptors (Lipinski definition) is 4. The van der Waals surface area contributed by atoms with Crippen LogP contribution in [0, 0.1) is 0 Å². The third-order valence-electron chi connectivity index (χ3n) is 3.73. The van der Waals surface area contributed by atoms with Gasteiger partial charge < -0.3 is 4.90 Å². The molecule has 2 N–H and O–H groups in total. The number of aromatic amines is 2. The van der Waals surface area contributed by atoms with Crippen LogP contribution in [0.15, 0.2) is 10.9 Å². The number of rotatable bonds is 2. The summed E-state index contributed by atoms with van der Waals surface area (Å²) in [6, 6.07) is 1.57. The number of piperidine rings is 1. The van der Waals surface area contributed by atoms with Gasteiger partial charge in [-0.15, -0.1) is 0 Å². The smallest absolute Gasteiger partial charge is 0.337 e. The number of carbonyl (C=O) groups is 1. The molecule has 1 aliphatic rings. The molecule has 112 valence electrons. The van der Waals surface area contributed by atoms with Crippen LogP contribution in [0.2, 0.25) is 5.15 Å². The fraction of sp³-hybridized carbons (Fsp3) is 0.500. The van der Waals surface area contributed by atoms with Crippen molar-refractivity contribution in [1.29, 1.82) is 0 Å². The molecule has 1 amide bonds. The number of hydrogen-bond donors (Lipinski definition) is 2. The van der Waals surface area contributed by atoms with Gasteiger partial charge in [-0.05, 0) is 12.8 Å². The van der Waals surface area contributed by atoms with Crippen molar-refractivity contribution in [2.24, 2.45) is 7.05 Å². The molecule has 2 aromatic rings. The number of carbonyl (C=O) groups excluding carboxylic acids is 1. The summed E-state index contributed by atoms with van der Waals surface area (Å²) in [6.07, 6.45) is 1.51. The van der Waals surface area contributed by atoms with Gasteiger partial charge in [0.05, 0.1) is 0 Å². The molecule has 21 heavy (non-hydrogen) atoms. The summed E-state index contributed by atoms with van der Waals surface area (Å²) >= 11 is 5.90. The summed E-state index contributed by atoms with van der Waals surface area (Å²) < 4.78 is 1.47. The second-order valence-corrected chi connectivity index (χ2v) is 5.49. The lowest BCUT2D eigenvalue weighted by Gasteiger charge is -2.30. The van der Waals surface area contributed by atoms with Crippen LogP contribution in [0.4, 0.5) is 0 Å². The van der Waals surface area contributed by atoms with E-state index >= 15 is 0 Å². The van der Waals surface area contributed by atoms with Crippen molar-refractivity contribution in [3.63, 3.8) is 0 Å². The van der Waals surface area contributed by atoms with E-state index in [4.69, 9.17) is 11.6 Å². The van der Waals surface area contributed by atoms with Crippen molar-refractivity contribution < 1.29 is 4.79 Å². The first-order chi connectivity index (χ1) is 10.0. The highest BCUT2D eigenvalue weighted by atomic mass is 35.5. The Balaban J connectivity index is 1.65. The molecule has 3 heterocycles. The minimum absolute atomic E-state index is 0.119. The minimum Gasteiger partial charge on any atom is -0.337 e. The van der Waals surface area contributed by atoms with Crippen molar-refractivity contribution in [3.05, 3.63) is 33.2 Å². The Kier molecular flexibility index (Phi) is 3.54. The molecule has 1 aliphatic heterocycles. The van der Waals surface area contributed by atoms with Gasteiger partial charge in [0, 0.05) is 32.1 Å². The van der Waals surface area contributed by atoms with Crippen LogP contribution in [-0.2, 0) is 7.05 Å². The maximum atomic E-state index is 12.3. The van der Waals surface area contributed by atoms with E-state index in [9.17, 15) is 9.59 Å². The van der Waals surface area contributed by atoms with Gasteiger partial charge in [-0.2, -0.15) is 10.2 Å². The van der Waals surface area contributed by atoms with Gasteiger partial charge in [0.25, 0.3) is 5.91 Å². The second-order valence-electron chi connectivity index (χ2n) is 5.11. The van der Waals surface area contributed by atoms with Crippen molar-refractivity contribution in [2.75, 3.05) is 13.1 Å². The summed E-state index contributed by atoms with van der Waals surface area (Å²) in [6.45, 7) is 1.21. The van der Waals surface area contributed by atoms with Crippen molar-refractivity contribution in [3.8, 4) is 0 Å². The predicted octanol–water partition coefficient (Wildman–Crippen LogP) is 0.505. The molecule has 1 fully saturated rings. The molecule has 1 saturated heterocycles. The van der Waals surface area contributed by atoms with Crippen LogP contribution in [0.3, 0.4) is 0 Å². The van der Waals surface area contributed by atoms with E-state index in [1.165, 1.54) is 4.68 Å². The highest BCUT2D eigenvalue weighted by molar-refractivity contribution is 6.29. The van der Waals surface area contributed by atoms with E-state index in [0.29, 0.717) is 29.8 Å². The topological polar surface area (TPSA) is 99.7 Å². The highest BCUT2D eigenvalue weighted by Crippen LogP contribution is 2.25. The van der Waals surface area contributed by atoms with Gasteiger partial charge in [0.1, 0.15) is 11.0 Å².